The van der Waals surface area contributed by atoms with Crippen molar-refractivity contribution in [3.63, 3.8) is 0 Å². The summed E-state index contributed by atoms with van der Waals surface area (Å²) in [6, 6.07) is 83.1. The highest BCUT2D eigenvalue weighted by atomic mass is 16.3. The van der Waals surface area contributed by atoms with Crippen molar-refractivity contribution in [2.45, 2.75) is 10.8 Å². The van der Waals surface area contributed by atoms with Gasteiger partial charge in [0.25, 0.3) is 0 Å². The lowest BCUT2D eigenvalue weighted by molar-refractivity contribution is 0.475. The molecule has 9 aromatic carbocycles. The van der Waals surface area contributed by atoms with Gasteiger partial charge in [0, 0.05) is 17.1 Å². The molecule has 0 radical (unpaired) electrons. The summed E-state index contributed by atoms with van der Waals surface area (Å²) in [5.74, 6) is 0.235. The molecule has 0 saturated carbocycles. The van der Waals surface area contributed by atoms with Gasteiger partial charge >= 0.3 is 0 Å². The molecular weight excluding hydrogens is 703 g/mol. The number of hydrogen-bond acceptors (Lipinski definition) is 2. The predicted octanol–water partition coefficient (Wildman–Crippen LogP) is 13.6. The zero-order chi connectivity index (χ0) is 38.7. The molecule has 0 spiro atoms. The Labute approximate surface area is 339 Å². The van der Waals surface area contributed by atoms with Gasteiger partial charge in [0.1, 0.15) is 5.75 Å². The van der Waals surface area contributed by atoms with E-state index in [1.807, 2.05) is 12.1 Å². The highest BCUT2D eigenvalue weighted by Crippen LogP contribution is 2.58. The Kier molecular flexibility index (Phi) is 7.80. The third kappa shape index (κ3) is 4.85. The Balaban J connectivity index is 1.13. The molecular formula is C56H39NO. The molecule has 0 aliphatic heterocycles. The molecule has 0 fully saturated rings. The van der Waals surface area contributed by atoms with Crippen molar-refractivity contribution in [3.05, 3.63) is 275 Å². The van der Waals surface area contributed by atoms with Crippen LogP contribution in [0.15, 0.2) is 231 Å². The lowest BCUT2D eigenvalue weighted by Gasteiger charge is -2.35. The molecule has 0 saturated heterocycles. The van der Waals surface area contributed by atoms with Crippen LogP contribution >= 0.6 is 0 Å². The van der Waals surface area contributed by atoms with Crippen LogP contribution in [0.5, 0.6) is 5.75 Å². The summed E-state index contributed by atoms with van der Waals surface area (Å²) in [7, 11) is 0. The van der Waals surface area contributed by atoms with Gasteiger partial charge in [0.05, 0.1) is 10.8 Å². The maximum atomic E-state index is 10.5. The SMILES string of the molecule is Oc1ccc(N(c2ccc(C3(c4ccccc4)c4ccccc4-c4ccccc43)cc2)c2ccc3c(c2)C(c2ccccc2)(c2ccccc2)c2ccccc2-3)cc1. The van der Waals surface area contributed by atoms with E-state index < -0.39 is 10.8 Å². The number of nitrogens with zero attached hydrogens (tertiary/aromatic N) is 1. The molecule has 1 N–H and O–H groups in total. The van der Waals surface area contributed by atoms with Gasteiger partial charge in [-0.15, -0.1) is 0 Å². The van der Waals surface area contributed by atoms with E-state index in [0.29, 0.717) is 0 Å². The third-order valence-electron chi connectivity index (χ3n) is 12.5. The second-order valence-corrected chi connectivity index (χ2v) is 15.4. The fraction of sp³-hybridized carbons (Fsp3) is 0.0357. The van der Waals surface area contributed by atoms with Crippen molar-refractivity contribution in [2.75, 3.05) is 4.90 Å². The maximum Gasteiger partial charge on any atom is 0.115 e. The molecule has 0 aromatic heterocycles. The summed E-state index contributed by atoms with van der Waals surface area (Å²) in [6.07, 6.45) is 0. The van der Waals surface area contributed by atoms with E-state index in [2.05, 4.69) is 211 Å². The fourth-order valence-electron chi connectivity index (χ4n) is 10.2. The van der Waals surface area contributed by atoms with Crippen LogP contribution in [-0.2, 0) is 10.8 Å². The zero-order valence-corrected chi connectivity index (χ0v) is 31.8. The topological polar surface area (TPSA) is 23.5 Å². The number of anilines is 3. The van der Waals surface area contributed by atoms with E-state index in [1.54, 1.807) is 12.1 Å². The first-order chi connectivity index (χ1) is 28.7. The van der Waals surface area contributed by atoms with Gasteiger partial charge in [-0.3, -0.25) is 0 Å². The van der Waals surface area contributed by atoms with Crippen molar-refractivity contribution in [1.29, 1.82) is 0 Å². The van der Waals surface area contributed by atoms with Crippen LogP contribution < -0.4 is 4.90 Å². The van der Waals surface area contributed by atoms with E-state index in [4.69, 9.17) is 0 Å². The number of rotatable bonds is 7. The predicted molar refractivity (Wildman–Crippen MR) is 237 cm³/mol. The fourth-order valence-corrected chi connectivity index (χ4v) is 10.2. The molecule has 11 rings (SSSR count). The molecule has 0 atom stereocenters. The van der Waals surface area contributed by atoms with E-state index in [-0.39, 0.29) is 5.75 Å². The van der Waals surface area contributed by atoms with Gasteiger partial charge in [-0.05, 0) is 115 Å². The first kappa shape index (κ1) is 33.9. The third-order valence-corrected chi connectivity index (χ3v) is 12.5. The molecule has 2 nitrogen and oxygen atoms in total. The van der Waals surface area contributed by atoms with Gasteiger partial charge in [0.15, 0.2) is 0 Å². The second-order valence-electron chi connectivity index (χ2n) is 15.4. The molecule has 9 aromatic rings. The zero-order valence-electron chi connectivity index (χ0n) is 31.8. The van der Waals surface area contributed by atoms with Crippen LogP contribution in [0.2, 0.25) is 0 Å². The van der Waals surface area contributed by atoms with Crippen LogP contribution in [0.25, 0.3) is 22.3 Å². The summed E-state index contributed by atoms with van der Waals surface area (Å²) in [4.78, 5) is 2.32. The molecule has 0 amide bonds. The normalized spacial score (nSPS) is 13.9. The second kappa shape index (κ2) is 13.4. The highest BCUT2D eigenvalue weighted by Gasteiger charge is 2.47. The molecule has 58 heavy (non-hydrogen) atoms. The molecule has 2 aliphatic rings. The Morgan fingerprint density at radius 2 is 0.603 bits per heavy atom. The summed E-state index contributed by atoms with van der Waals surface area (Å²) in [5, 5.41) is 10.5. The Morgan fingerprint density at radius 3 is 1.05 bits per heavy atom. The smallest absolute Gasteiger partial charge is 0.115 e. The molecule has 2 aliphatic carbocycles. The van der Waals surface area contributed by atoms with Gasteiger partial charge in [-0.2, -0.15) is 0 Å². The first-order valence-electron chi connectivity index (χ1n) is 20.0. The van der Waals surface area contributed by atoms with Crippen LogP contribution in [-0.4, -0.2) is 5.11 Å². The van der Waals surface area contributed by atoms with Crippen LogP contribution in [0, 0.1) is 0 Å². The average molecular weight is 742 g/mol. The molecule has 0 heterocycles. The number of phenols is 1. The lowest BCUT2D eigenvalue weighted by Crippen LogP contribution is -2.29. The molecule has 0 bridgehead atoms. The number of hydrogen-bond donors (Lipinski definition) is 1. The van der Waals surface area contributed by atoms with Gasteiger partial charge < -0.3 is 10.0 Å². The summed E-state index contributed by atoms with van der Waals surface area (Å²) in [5.41, 5.74) is 17.1. The average Bonchev–Trinajstić information content (AvgIpc) is 3.77. The van der Waals surface area contributed by atoms with Crippen molar-refractivity contribution in [3.8, 4) is 28.0 Å². The number of fused-ring (bicyclic) bond motifs is 6. The quantitative estimate of drug-likeness (QED) is 0.176. The van der Waals surface area contributed by atoms with Gasteiger partial charge in [0.2, 0.25) is 0 Å². The lowest BCUT2D eigenvalue weighted by atomic mass is 9.67. The Bertz CT molecular complexity index is 2850. The minimum absolute atomic E-state index is 0.235. The highest BCUT2D eigenvalue weighted by molar-refractivity contribution is 5.90. The van der Waals surface area contributed by atoms with Gasteiger partial charge in [-0.25, -0.2) is 0 Å². The number of phenolic OH excluding ortho intramolecular Hbond substituents is 1. The monoisotopic (exact) mass is 741 g/mol. The van der Waals surface area contributed by atoms with Crippen LogP contribution in [0.1, 0.15) is 44.5 Å². The summed E-state index contributed by atoms with van der Waals surface area (Å²) in [6.45, 7) is 0. The van der Waals surface area contributed by atoms with E-state index in [0.717, 1.165) is 17.1 Å². The van der Waals surface area contributed by atoms with E-state index >= 15 is 0 Å². The van der Waals surface area contributed by atoms with Gasteiger partial charge in [-0.1, -0.05) is 182 Å². The maximum absolute atomic E-state index is 10.5. The molecule has 2 heteroatoms. The standard InChI is InChI=1S/C56H39NO/c58-46-35-32-44(33-36-46)57(43-30-28-42(29-31-43)55(39-16-4-1-5-17-39)51-25-13-10-22-47(51)48-23-11-14-26-52(48)55)45-34-37-50-49-24-12-15-27-53(49)56(54(50)38-45,40-18-6-2-7-19-40)41-20-8-3-9-21-41/h1-38,58H. The Morgan fingerprint density at radius 1 is 0.276 bits per heavy atom. The molecule has 274 valence electrons. The van der Waals surface area contributed by atoms with Crippen molar-refractivity contribution in [1.82, 2.24) is 0 Å². The number of aromatic hydroxyl groups is 1. The first-order valence-corrected chi connectivity index (χ1v) is 20.0. The van der Waals surface area contributed by atoms with E-state index in [1.165, 1.54) is 66.8 Å². The summed E-state index contributed by atoms with van der Waals surface area (Å²) >= 11 is 0. The minimum Gasteiger partial charge on any atom is -0.508 e. The minimum atomic E-state index is -0.528. The van der Waals surface area contributed by atoms with Crippen LogP contribution in [0.3, 0.4) is 0 Å². The van der Waals surface area contributed by atoms with E-state index in [9.17, 15) is 5.11 Å². The van der Waals surface area contributed by atoms with Crippen molar-refractivity contribution < 1.29 is 5.11 Å². The summed E-state index contributed by atoms with van der Waals surface area (Å²) < 4.78 is 0. The van der Waals surface area contributed by atoms with Crippen molar-refractivity contribution in [2.24, 2.45) is 0 Å². The number of benzene rings is 9. The van der Waals surface area contributed by atoms with Crippen molar-refractivity contribution >= 4 is 17.1 Å². The van der Waals surface area contributed by atoms with Crippen LogP contribution in [0.4, 0.5) is 17.1 Å². The molecule has 0 unspecified atom stereocenters. The Hall–Kier alpha value is -7.42. The largest absolute Gasteiger partial charge is 0.508 e.